The molecule has 0 atom stereocenters. The Bertz CT molecular complexity index is 190. The molecule has 0 aromatic heterocycles. The molecular weight excluding hydrogens is 152 g/mol. The summed E-state index contributed by atoms with van der Waals surface area (Å²) in [5.74, 6) is 0.307. The van der Waals surface area contributed by atoms with Gasteiger partial charge in [-0.3, -0.25) is 9.59 Å². The van der Waals surface area contributed by atoms with Gasteiger partial charge < -0.3 is 0 Å². The number of hydrogen-bond donors (Lipinski definition) is 0. The number of carbonyl (C=O) groups is 2. The zero-order valence-corrected chi connectivity index (χ0v) is 7.85. The number of Topliss-reactive ketones (excluding diaryl/α,β-unsaturated/α-hetero) is 2. The van der Waals surface area contributed by atoms with E-state index in [0.29, 0.717) is 12.8 Å². The second-order valence-electron chi connectivity index (χ2n) is 3.78. The summed E-state index contributed by atoms with van der Waals surface area (Å²) in [6.45, 7) is 3.88. The molecule has 68 valence electrons. The van der Waals surface area contributed by atoms with Crippen molar-refractivity contribution in [2.45, 2.75) is 46.0 Å². The third-order valence-corrected chi connectivity index (χ3v) is 2.84. The van der Waals surface area contributed by atoms with Crippen LogP contribution >= 0.6 is 0 Å². The molecule has 2 heteroatoms. The van der Waals surface area contributed by atoms with Crippen LogP contribution < -0.4 is 0 Å². The molecule has 0 N–H and O–H groups in total. The van der Waals surface area contributed by atoms with Gasteiger partial charge in [0.2, 0.25) is 0 Å². The first-order valence-corrected chi connectivity index (χ1v) is 4.68. The van der Waals surface area contributed by atoms with Crippen molar-refractivity contribution < 1.29 is 9.59 Å². The Kier molecular flexibility index (Phi) is 2.65. The van der Waals surface area contributed by atoms with Crippen LogP contribution in [-0.2, 0) is 9.59 Å². The molecule has 0 aromatic rings. The molecule has 0 aliphatic heterocycles. The van der Waals surface area contributed by atoms with E-state index in [2.05, 4.69) is 6.92 Å². The quantitative estimate of drug-likeness (QED) is 0.605. The number of ketones is 2. The summed E-state index contributed by atoms with van der Waals surface area (Å²) in [5.41, 5.74) is -0.615. The molecule has 2 nitrogen and oxygen atoms in total. The van der Waals surface area contributed by atoms with Crippen molar-refractivity contribution in [2.75, 3.05) is 0 Å². The highest BCUT2D eigenvalue weighted by Gasteiger charge is 2.44. The lowest BCUT2D eigenvalue weighted by molar-refractivity contribution is -0.134. The van der Waals surface area contributed by atoms with Gasteiger partial charge in [0.05, 0.1) is 5.41 Å². The van der Waals surface area contributed by atoms with Crippen LogP contribution in [0.1, 0.15) is 46.0 Å². The number of carbonyl (C=O) groups excluding carboxylic acids is 2. The van der Waals surface area contributed by atoms with Crippen molar-refractivity contribution in [1.29, 1.82) is 0 Å². The lowest BCUT2D eigenvalue weighted by Crippen LogP contribution is -2.28. The molecule has 0 radical (unpaired) electrons. The fraction of sp³-hybridized carbons (Fsp3) is 0.800. The van der Waals surface area contributed by atoms with Gasteiger partial charge in [-0.15, -0.1) is 0 Å². The van der Waals surface area contributed by atoms with Crippen LogP contribution in [0.3, 0.4) is 0 Å². The summed E-state index contributed by atoms with van der Waals surface area (Å²) < 4.78 is 0. The van der Waals surface area contributed by atoms with Crippen LogP contribution in [0.25, 0.3) is 0 Å². The van der Waals surface area contributed by atoms with Gasteiger partial charge in [0.15, 0.2) is 0 Å². The molecule has 0 heterocycles. The lowest BCUT2D eigenvalue weighted by atomic mass is 9.82. The van der Waals surface area contributed by atoms with Gasteiger partial charge >= 0.3 is 0 Å². The van der Waals surface area contributed by atoms with Gasteiger partial charge in [-0.1, -0.05) is 19.8 Å². The van der Waals surface area contributed by atoms with Crippen molar-refractivity contribution in [3.63, 3.8) is 0 Å². The minimum Gasteiger partial charge on any atom is -0.299 e. The van der Waals surface area contributed by atoms with E-state index in [-0.39, 0.29) is 11.6 Å². The van der Waals surface area contributed by atoms with Crippen molar-refractivity contribution in [3.8, 4) is 0 Å². The summed E-state index contributed by atoms with van der Waals surface area (Å²) in [4.78, 5) is 22.8. The van der Waals surface area contributed by atoms with Gasteiger partial charge in [-0.25, -0.2) is 0 Å². The first-order valence-electron chi connectivity index (χ1n) is 4.68. The first kappa shape index (κ1) is 9.43. The predicted octanol–water partition coefficient (Wildman–Crippen LogP) is 2.11. The smallest absolute Gasteiger partial charge is 0.146 e. The second kappa shape index (κ2) is 3.38. The highest BCUT2D eigenvalue weighted by Crippen LogP contribution is 2.35. The van der Waals surface area contributed by atoms with E-state index in [0.717, 1.165) is 19.3 Å². The third kappa shape index (κ3) is 1.43. The standard InChI is InChI=1S/C10H16O2/c1-3-4-7-10(2)8(11)5-6-9(10)12/h3-7H2,1-2H3. The normalized spacial score (nSPS) is 21.8. The largest absolute Gasteiger partial charge is 0.299 e. The zero-order valence-electron chi connectivity index (χ0n) is 7.85. The highest BCUT2D eigenvalue weighted by atomic mass is 16.2. The Balaban J connectivity index is 2.66. The average Bonchev–Trinajstić information content (AvgIpc) is 2.30. The van der Waals surface area contributed by atoms with Crippen molar-refractivity contribution in [3.05, 3.63) is 0 Å². The Hall–Kier alpha value is -0.660. The summed E-state index contributed by atoms with van der Waals surface area (Å²) in [7, 11) is 0. The molecule has 0 bridgehead atoms. The molecule has 0 amide bonds. The van der Waals surface area contributed by atoms with Gasteiger partial charge in [0, 0.05) is 12.8 Å². The Morgan fingerprint density at radius 2 is 1.75 bits per heavy atom. The third-order valence-electron chi connectivity index (χ3n) is 2.84. The molecule has 1 rings (SSSR count). The van der Waals surface area contributed by atoms with Crippen LogP contribution in [-0.4, -0.2) is 11.6 Å². The fourth-order valence-corrected chi connectivity index (χ4v) is 1.74. The first-order chi connectivity index (χ1) is 5.61. The van der Waals surface area contributed by atoms with Crippen molar-refractivity contribution in [2.24, 2.45) is 5.41 Å². The van der Waals surface area contributed by atoms with E-state index < -0.39 is 5.41 Å². The van der Waals surface area contributed by atoms with E-state index in [1.165, 1.54) is 0 Å². The van der Waals surface area contributed by atoms with E-state index >= 15 is 0 Å². The minimum atomic E-state index is -0.615. The maximum absolute atomic E-state index is 11.4. The SMILES string of the molecule is CCCCC1(C)C(=O)CCC1=O. The van der Waals surface area contributed by atoms with E-state index in [9.17, 15) is 9.59 Å². The molecular formula is C10H16O2. The molecule has 1 aliphatic carbocycles. The zero-order chi connectivity index (χ0) is 9.19. The molecule has 0 saturated heterocycles. The van der Waals surface area contributed by atoms with Crippen LogP contribution in [0.5, 0.6) is 0 Å². The highest BCUT2D eigenvalue weighted by molar-refractivity contribution is 6.12. The van der Waals surface area contributed by atoms with E-state index in [4.69, 9.17) is 0 Å². The predicted molar refractivity (Wildman–Crippen MR) is 46.9 cm³/mol. The molecule has 1 fully saturated rings. The van der Waals surface area contributed by atoms with Crippen molar-refractivity contribution >= 4 is 11.6 Å². The number of rotatable bonds is 3. The minimum absolute atomic E-state index is 0.154. The van der Waals surface area contributed by atoms with Crippen LogP contribution in [0.15, 0.2) is 0 Å². The number of hydrogen-bond acceptors (Lipinski definition) is 2. The fourth-order valence-electron chi connectivity index (χ4n) is 1.74. The maximum Gasteiger partial charge on any atom is 0.146 e. The van der Waals surface area contributed by atoms with E-state index in [1.54, 1.807) is 6.92 Å². The summed E-state index contributed by atoms with van der Waals surface area (Å²) >= 11 is 0. The summed E-state index contributed by atoms with van der Waals surface area (Å²) in [6, 6.07) is 0. The van der Waals surface area contributed by atoms with Crippen LogP contribution in [0, 0.1) is 5.41 Å². The maximum atomic E-state index is 11.4. The lowest BCUT2D eigenvalue weighted by Gasteiger charge is -2.19. The molecule has 0 aromatic carbocycles. The van der Waals surface area contributed by atoms with Gasteiger partial charge in [-0.2, -0.15) is 0 Å². The summed E-state index contributed by atoms with van der Waals surface area (Å²) in [6.07, 6.45) is 3.73. The van der Waals surface area contributed by atoms with Gasteiger partial charge in [0.25, 0.3) is 0 Å². The topological polar surface area (TPSA) is 34.1 Å². The van der Waals surface area contributed by atoms with Gasteiger partial charge in [-0.05, 0) is 13.3 Å². The molecule has 1 aliphatic rings. The van der Waals surface area contributed by atoms with Crippen LogP contribution in [0.4, 0.5) is 0 Å². The number of unbranched alkanes of at least 4 members (excludes halogenated alkanes) is 1. The molecule has 0 unspecified atom stereocenters. The van der Waals surface area contributed by atoms with Crippen molar-refractivity contribution in [1.82, 2.24) is 0 Å². The van der Waals surface area contributed by atoms with E-state index in [1.807, 2.05) is 0 Å². The average molecular weight is 168 g/mol. The molecule has 12 heavy (non-hydrogen) atoms. The second-order valence-corrected chi connectivity index (χ2v) is 3.78. The van der Waals surface area contributed by atoms with Gasteiger partial charge in [0.1, 0.15) is 11.6 Å². The molecule has 1 saturated carbocycles. The summed E-state index contributed by atoms with van der Waals surface area (Å²) in [5, 5.41) is 0. The Labute approximate surface area is 73.3 Å². The Morgan fingerprint density at radius 3 is 2.17 bits per heavy atom. The van der Waals surface area contributed by atoms with Crippen LogP contribution in [0.2, 0.25) is 0 Å². The monoisotopic (exact) mass is 168 g/mol. The molecule has 0 spiro atoms. The Morgan fingerprint density at radius 1 is 1.25 bits per heavy atom.